The van der Waals surface area contributed by atoms with E-state index in [1.54, 1.807) is 6.07 Å². The van der Waals surface area contributed by atoms with Crippen molar-refractivity contribution in [2.24, 2.45) is 0 Å². The maximum atomic E-state index is 14.5. The number of halogens is 3. The van der Waals surface area contributed by atoms with Gasteiger partial charge in [-0.1, -0.05) is 0 Å². The van der Waals surface area contributed by atoms with Crippen molar-refractivity contribution in [1.29, 1.82) is 5.26 Å². The molecule has 0 saturated carbocycles. The lowest BCUT2D eigenvalue weighted by Gasteiger charge is -2.13. The number of hydrogen-bond acceptors (Lipinski definition) is 4. The molecule has 1 aromatic carbocycles. The fraction of sp³-hybridized carbons (Fsp3) is 0.133. The van der Waals surface area contributed by atoms with E-state index < -0.39 is 28.8 Å². The number of aromatic amines is 1. The maximum Gasteiger partial charge on any atom is 0.201 e. The molecule has 0 saturated heterocycles. The first-order valence-corrected chi connectivity index (χ1v) is 6.45. The van der Waals surface area contributed by atoms with Crippen LogP contribution >= 0.6 is 0 Å². The smallest absolute Gasteiger partial charge is 0.201 e. The molecule has 0 atom stereocenters. The number of methoxy groups -OCH3 is 1. The molecule has 116 valence electrons. The van der Waals surface area contributed by atoms with E-state index in [2.05, 4.69) is 19.7 Å². The van der Waals surface area contributed by atoms with Crippen LogP contribution in [-0.4, -0.2) is 22.1 Å². The van der Waals surface area contributed by atoms with Crippen molar-refractivity contribution in [3.05, 3.63) is 41.1 Å². The molecule has 3 aromatic rings. The summed E-state index contributed by atoms with van der Waals surface area (Å²) in [6, 6.07) is 3.10. The minimum atomic E-state index is -1.43. The normalized spacial score (nSPS) is 10.8. The van der Waals surface area contributed by atoms with Crippen molar-refractivity contribution in [3.63, 3.8) is 0 Å². The highest BCUT2D eigenvalue weighted by Crippen LogP contribution is 2.36. The first-order chi connectivity index (χ1) is 11.0. The fourth-order valence-corrected chi connectivity index (χ4v) is 2.38. The van der Waals surface area contributed by atoms with Gasteiger partial charge >= 0.3 is 0 Å². The van der Waals surface area contributed by atoms with Crippen LogP contribution < -0.4 is 4.74 Å². The molecule has 0 aliphatic rings. The van der Waals surface area contributed by atoms with Crippen LogP contribution in [0, 0.1) is 35.7 Å². The molecule has 0 fully saturated rings. The van der Waals surface area contributed by atoms with Gasteiger partial charge in [-0.15, -0.1) is 0 Å². The Labute approximate surface area is 128 Å². The lowest BCUT2D eigenvalue weighted by molar-refractivity contribution is 0.363. The average Bonchev–Trinajstić information content (AvgIpc) is 3.01. The Morgan fingerprint density at radius 1 is 1.22 bits per heavy atom. The Bertz CT molecular complexity index is 946. The van der Waals surface area contributed by atoms with Crippen molar-refractivity contribution in [3.8, 4) is 23.1 Å². The third-order valence-corrected chi connectivity index (χ3v) is 3.47. The number of nitrogens with zero attached hydrogens (tertiary/aromatic N) is 3. The molecule has 0 unspecified atom stereocenters. The second-order valence-corrected chi connectivity index (χ2v) is 4.74. The second kappa shape index (κ2) is 5.28. The summed E-state index contributed by atoms with van der Waals surface area (Å²) in [6.07, 6.45) is 1.32. The van der Waals surface area contributed by atoms with Crippen LogP contribution in [0.15, 0.2) is 12.4 Å². The molecular formula is C15H9F3N4O. The maximum absolute atomic E-state index is 14.5. The van der Waals surface area contributed by atoms with E-state index in [9.17, 15) is 13.2 Å². The number of imidazole rings is 1. The molecule has 0 radical (unpaired) electrons. The molecule has 0 aliphatic carbocycles. The third-order valence-electron chi connectivity index (χ3n) is 3.47. The fourth-order valence-electron chi connectivity index (χ4n) is 2.38. The SMILES string of the molecule is COc1c(C)c(F)c(-c2cc3[nH]cnc3c(C#N)n2)c(F)c1F. The number of H-pyrrole nitrogens is 1. The van der Waals surface area contributed by atoms with Gasteiger partial charge < -0.3 is 9.72 Å². The van der Waals surface area contributed by atoms with Gasteiger partial charge in [0.1, 0.15) is 17.4 Å². The Balaban J connectivity index is 2.38. The Hall–Kier alpha value is -3.08. The quantitative estimate of drug-likeness (QED) is 0.736. The van der Waals surface area contributed by atoms with Gasteiger partial charge in [0.25, 0.3) is 0 Å². The number of pyridine rings is 1. The highest BCUT2D eigenvalue weighted by molar-refractivity contribution is 5.84. The van der Waals surface area contributed by atoms with Crippen LogP contribution in [0.3, 0.4) is 0 Å². The van der Waals surface area contributed by atoms with Crippen molar-refractivity contribution < 1.29 is 17.9 Å². The van der Waals surface area contributed by atoms with E-state index in [0.29, 0.717) is 5.52 Å². The molecular weight excluding hydrogens is 309 g/mol. The number of nitrogens with one attached hydrogen (secondary N) is 1. The van der Waals surface area contributed by atoms with E-state index in [-0.39, 0.29) is 22.5 Å². The summed E-state index contributed by atoms with van der Waals surface area (Å²) in [7, 11) is 1.12. The van der Waals surface area contributed by atoms with Gasteiger partial charge in [0.15, 0.2) is 17.3 Å². The van der Waals surface area contributed by atoms with Crippen molar-refractivity contribution >= 4 is 11.0 Å². The van der Waals surface area contributed by atoms with Gasteiger partial charge in [0.2, 0.25) is 5.82 Å². The number of benzene rings is 1. The van der Waals surface area contributed by atoms with Gasteiger partial charge in [0.05, 0.1) is 30.2 Å². The molecule has 23 heavy (non-hydrogen) atoms. The van der Waals surface area contributed by atoms with Gasteiger partial charge in [-0.05, 0) is 13.0 Å². The van der Waals surface area contributed by atoms with Crippen molar-refractivity contribution in [1.82, 2.24) is 15.0 Å². The van der Waals surface area contributed by atoms with E-state index in [4.69, 9.17) is 5.26 Å². The number of ether oxygens (including phenoxy) is 1. The molecule has 5 nitrogen and oxygen atoms in total. The summed E-state index contributed by atoms with van der Waals surface area (Å²) in [5.41, 5.74) is -0.549. The van der Waals surface area contributed by atoms with Crippen LogP contribution in [0.25, 0.3) is 22.3 Å². The van der Waals surface area contributed by atoms with E-state index in [0.717, 1.165) is 7.11 Å². The van der Waals surface area contributed by atoms with Gasteiger partial charge in [-0.2, -0.15) is 9.65 Å². The van der Waals surface area contributed by atoms with E-state index >= 15 is 0 Å². The summed E-state index contributed by atoms with van der Waals surface area (Å²) in [4.78, 5) is 10.5. The van der Waals surface area contributed by atoms with E-state index in [1.165, 1.54) is 19.3 Å². The highest BCUT2D eigenvalue weighted by Gasteiger charge is 2.26. The molecule has 3 rings (SSSR count). The van der Waals surface area contributed by atoms with Crippen LogP contribution in [-0.2, 0) is 0 Å². The first-order valence-electron chi connectivity index (χ1n) is 6.45. The Morgan fingerprint density at radius 3 is 2.61 bits per heavy atom. The third kappa shape index (κ3) is 2.09. The first kappa shape index (κ1) is 14.8. The Morgan fingerprint density at radius 2 is 1.96 bits per heavy atom. The van der Waals surface area contributed by atoms with E-state index in [1.807, 2.05) is 0 Å². The second-order valence-electron chi connectivity index (χ2n) is 4.74. The minimum Gasteiger partial charge on any atom is -0.493 e. The lowest BCUT2D eigenvalue weighted by Crippen LogP contribution is -2.04. The summed E-state index contributed by atoms with van der Waals surface area (Å²) in [5, 5.41) is 9.11. The van der Waals surface area contributed by atoms with Gasteiger partial charge in [-0.25, -0.2) is 18.7 Å². The molecule has 2 aromatic heterocycles. The number of nitriles is 1. The zero-order chi connectivity index (χ0) is 16.7. The summed E-state index contributed by atoms with van der Waals surface area (Å²) < 4.78 is 47.5. The number of fused-ring (bicyclic) bond motifs is 1. The van der Waals surface area contributed by atoms with Crippen LogP contribution in [0.4, 0.5) is 13.2 Å². The monoisotopic (exact) mass is 318 g/mol. The molecule has 1 N–H and O–H groups in total. The largest absolute Gasteiger partial charge is 0.493 e. The average molecular weight is 318 g/mol. The molecule has 2 heterocycles. The molecule has 0 aliphatic heterocycles. The number of hydrogen-bond donors (Lipinski definition) is 1. The highest BCUT2D eigenvalue weighted by atomic mass is 19.2. The predicted octanol–water partition coefficient (Wildman–Crippen LogP) is 3.23. The number of aromatic nitrogens is 3. The molecule has 0 spiro atoms. The molecule has 0 bridgehead atoms. The van der Waals surface area contributed by atoms with Crippen molar-refractivity contribution in [2.75, 3.05) is 7.11 Å². The predicted molar refractivity (Wildman–Crippen MR) is 75.2 cm³/mol. The molecule has 0 amide bonds. The molecule has 8 heteroatoms. The zero-order valence-electron chi connectivity index (χ0n) is 12.0. The lowest BCUT2D eigenvalue weighted by atomic mass is 10.0. The standard InChI is InChI=1S/C15H9F3N4O/c1-6-11(16)10(12(17)13(18)15(6)23-2)7-3-8-14(21-5-20-8)9(4-19)22-7/h3,5H,1-2H3,(H,20,21). The van der Waals surface area contributed by atoms with Crippen LogP contribution in [0.1, 0.15) is 11.3 Å². The Kier molecular flexibility index (Phi) is 3.41. The van der Waals surface area contributed by atoms with Crippen LogP contribution in [0.5, 0.6) is 5.75 Å². The number of rotatable bonds is 2. The topological polar surface area (TPSA) is 74.6 Å². The summed E-state index contributed by atoms with van der Waals surface area (Å²) >= 11 is 0. The van der Waals surface area contributed by atoms with Gasteiger partial charge in [0, 0.05) is 5.56 Å². The summed E-state index contributed by atoms with van der Waals surface area (Å²) in [6.45, 7) is 1.26. The zero-order valence-corrected chi connectivity index (χ0v) is 12.0. The van der Waals surface area contributed by atoms with Gasteiger partial charge in [-0.3, -0.25) is 0 Å². The van der Waals surface area contributed by atoms with Crippen LogP contribution in [0.2, 0.25) is 0 Å². The summed E-state index contributed by atoms with van der Waals surface area (Å²) in [5.74, 6) is -4.26. The minimum absolute atomic E-state index is 0.119. The van der Waals surface area contributed by atoms with Crippen molar-refractivity contribution in [2.45, 2.75) is 6.92 Å².